The summed E-state index contributed by atoms with van der Waals surface area (Å²) in [6.45, 7) is 10.2. The third-order valence-electron chi connectivity index (χ3n) is 4.56. The van der Waals surface area contributed by atoms with E-state index in [0.29, 0.717) is 10.0 Å². The fourth-order valence-electron chi connectivity index (χ4n) is 2.89. The van der Waals surface area contributed by atoms with E-state index in [-0.39, 0.29) is 0 Å². The van der Waals surface area contributed by atoms with Gasteiger partial charge in [0.2, 0.25) is 0 Å². The molecule has 3 heteroatoms. The summed E-state index contributed by atoms with van der Waals surface area (Å²) in [5.74, 6) is 0. The molecule has 1 heterocycles. The Bertz CT molecular complexity index is 819. The monoisotopic (exact) mass is 369 g/mol. The minimum atomic E-state index is 0.566. The number of rotatable bonds is 2. The molecule has 1 aliphatic heterocycles. The molecule has 0 spiro atoms. The summed E-state index contributed by atoms with van der Waals surface area (Å²) in [5, 5.41) is 4.59. The zero-order chi connectivity index (χ0) is 18.0. The first-order chi connectivity index (χ1) is 11.9. The van der Waals surface area contributed by atoms with Crippen LogP contribution >= 0.6 is 23.2 Å². The van der Waals surface area contributed by atoms with Crippen LogP contribution in [0.2, 0.25) is 10.0 Å². The van der Waals surface area contributed by atoms with Gasteiger partial charge in [0.15, 0.2) is 0 Å². The topological polar surface area (TPSA) is 12.0 Å². The molecule has 0 unspecified atom stereocenters. The first kappa shape index (κ1) is 18.0. The fraction of sp³-hybridized carbons (Fsp3) is 0.182. The number of piperidine rings is 1. The van der Waals surface area contributed by atoms with Gasteiger partial charge in [-0.1, -0.05) is 54.0 Å². The van der Waals surface area contributed by atoms with E-state index < -0.39 is 0 Å². The minimum Gasteiger partial charge on any atom is -0.309 e. The third-order valence-corrected chi connectivity index (χ3v) is 5.30. The van der Waals surface area contributed by atoms with Crippen LogP contribution in [-0.4, -0.2) is 13.1 Å². The van der Waals surface area contributed by atoms with Crippen LogP contribution in [-0.2, 0) is 0 Å². The van der Waals surface area contributed by atoms with Gasteiger partial charge in [-0.05, 0) is 77.1 Å². The molecule has 3 rings (SSSR count). The van der Waals surface area contributed by atoms with Gasteiger partial charge in [-0.15, -0.1) is 0 Å². The molecule has 0 aromatic heterocycles. The molecule has 128 valence electrons. The predicted molar refractivity (Wildman–Crippen MR) is 110 cm³/mol. The zero-order valence-electron chi connectivity index (χ0n) is 14.5. The van der Waals surface area contributed by atoms with Gasteiger partial charge >= 0.3 is 0 Å². The summed E-state index contributed by atoms with van der Waals surface area (Å²) in [6.07, 6.45) is 4.33. The van der Waals surface area contributed by atoms with Crippen LogP contribution in [0.1, 0.15) is 22.3 Å². The van der Waals surface area contributed by atoms with Crippen molar-refractivity contribution in [2.24, 2.45) is 0 Å². The summed E-state index contributed by atoms with van der Waals surface area (Å²) in [6, 6.07) is 12.2. The van der Waals surface area contributed by atoms with E-state index in [2.05, 4.69) is 56.1 Å². The van der Waals surface area contributed by atoms with Gasteiger partial charge in [-0.2, -0.15) is 0 Å². The largest absolute Gasteiger partial charge is 0.309 e. The maximum atomic E-state index is 6.12. The molecule has 0 aliphatic carbocycles. The van der Waals surface area contributed by atoms with Crippen molar-refractivity contribution in [1.29, 1.82) is 0 Å². The standard InChI is InChI=1S/C22H21Cl2N/c1-14-4-5-17(8-15(14)2)9-19-12-25-13-20(16(19)3)10-18-6-7-21(23)22(24)11-18/h4-11,25H,3,12-13H2,1-2H3/b19-9+,20-10+. The molecular weight excluding hydrogens is 349 g/mol. The molecule has 0 amide bonds. The van der Waals surface area contributed by atoms with Gasteiger partial charge in [0.25, 0.3) is 0 Å². The molecule has 1 nitrogen and oxygen atoms in total. The van der Waals surface area contributed by atoms with Crippen molar-refractivity contribution in [3.05, 3.63) is 92.0 Å². The van der Waals surface area contributed by atoms with Gasteiger partial charge in [-0.25, -0.2) is 0 Å². The van der Waals surface area contributed by atoms with Crippen LogP contribution in [0.25, 0.3) is 12.2 Å². The Morgan fingerprint density at radius 1 is 0.840 bits per heavy atom. The van der Waals surface area contributed by atoms with Crippen molar-refractivity contribution in [1.82, 2.24) is 5.32 Å². The molecule has 0 saturated carbocycles. The van der Waals surface area contributed by atoms with E-state index >= 15 is 0 Å². The summed E-state index contributed by atoms with van der Waals surface area (Å²) >= 11 is 12.1. The summed E-state index contributed by atoms with van der Waals surface area (Å²) in [5.41, 5.74) is 8.29. The Hall–Kier alpha value is -1.80. The molecule has 0 bridgehead atoms. The second-order valence-corrected chi connectivity index (χ2v) is 7.25. The van der Waals surface area contributed by atoms with E-state index in [9.17, 15) is 0 Å². The molecule has 2 aromatic carbocycles. The molecule has 0 atom stereocenters. The van der Waals surface area contributed by atoms with Crippen LogP contribution < -0.4 is 5.32 Å². The average molecular weight is 370 g/mol. The Kier molecular flexibility index (Phi) is 5.48. The Balaban J connectivity index is 1.89. The van der Waals surface area contributed by atoms with Gasteiger partial charge < -0.3 is 5.32 Å². The van der Waals surface area contributed by atoms with E-state index in [1.165, 1.54) is 27.8 Å². The Morgan fingerprint density at radius 2 is 1.44 bits per heavy atom. The van der Waals surface area contributed by atoms with Crippen LogP contribution in [0.5, 0.6) is 0 Å². The Morgan fingerprint density at radius 3 is 2.04 bits per heavy atom. The van der Waals surface area contributed by atoms with Crippen molar-refractivity contribution in [2.45, 2.75) is 13.8 Å². The van der Waals surface area contributed by atoms with E-state index in [0.717, 1.165) is 24.2 Å². The SMILES string of the molecule is C=C1/C(=C/c2ccc(C)c(C)c2)CNC/C1=C\c1ccc(Cl)c(Cl)c1. The summed E-state index contributed by atoms with van der Waals surface area (Å²) in [4.78, 5) is 0. The van der Waals surface area contributed by atoms with Crippen molar-refractivity contribution >= 4 is 35.4 Å². The van der Waals surface area contributed by atoms with E-state index in [1.54, 1.807) is 0 Å². The second kappa shape index (κ2) is 7.61. The van der Waals surface area contributed by atoms with Crippen LogP contribution in [0.4, 0.5) is 0 Å². The van der Waals surface area contributed by atoms with Crippen molar-refractivity contribution in [3.8, 4) is 0 Å². The highest BCUT2D eigenvalue weighted by atomic mass is 35.5. The second-order valence-electron chi connectivity index (χ2n) is 6.44. The molecule has 1 fully saturated rings. The quantitative estimate of drug-likeness (QED) is 0.660. The van der Waals surface area contributed by atoms with Crippen molar-refractivity contribution in [3.63, 3.8) is 0 Å². The lowest BCUT2D eigenvalue weighted by molar-refractivity contribution is 0.772. The smallest absolute Gasteiger partial charge is 0.0598 e. The molecule has 0 radical (unpaired) electrons. The number of halogens is 2. The lowest BCUT2D eigenvalue weighted by atomic mass is 9.92. The number of hydrogen-bond acceptors (Lipinski definition) is 1. The minimum absolute atomic E-state index is 0.566. The predicted octanol–water partition coefficient (Wildman–Crippen LogP) is 6.24. The Labute approximate surface area is 159 Å². The fourth-order valence-corrected chi connectivity index (χ4v) is 3.19. The average Bonchev–Trinajstić information content (AvgIpc) is 2.58. The van der Waals surface area contributed by atoms with E-state index in [4.69, 9.17) is 23.2 Å². The summed E-state index contributed by atoms with van der Waals surface area (Å²) < 4.78 is 0. The molecule has 1 N–H and O–H groups in total. The van der Waals surface area contributed by atoms with Gasteiger partial charge in [0, 0.05) is 13.1 Å². The maximum Gasteiger partial charge on any atom is 0.0598 e. The van der Waals surface area contributed by atoms with Crippen LogP contribution in [0.15, 0.2) is 59.7 Å². The summed E-state index contributed by atoms with van der Waals surface area (Å²) in [7, 11) is 0. The van der Waals surface area contributed by atoms with Gasteiger partial charge in [-0.3, -0.25) is 0 Å². The first-order valence-electron chi connectivity index (χ1n) is 8.28. The molecular formula is C22H21Cl2N. The maximum absolute atomic E-state index is 6.12. The number of benzene rings is 2. The molecule has 1 saturated heterocycles. The van der Waals surface area contributed by atoms with Gasteiger partial charge in [0.1, 0.15) is 0 Å². The number of aryl methyl sites for hydroxylation is 2. The van der Waals surface area contributed by atoms with Crippen LogP contribution in [0, 0.1) is 13.8 Å². The van der Waals surface area contributed by atoms with Crippen LogP contribution in [0.3, 0.4) is 0 Å². The first-order valence-corrected chi connectivity index (χ1v) is 9.03. The zero-order valence-corrected chi connectivity index (χ0v) is 16.0. The highest BCUT2D eigenvalue weighted by molar-refractivity contribution is 6.42. The van der Waals surface area contributed by atoms with Crippen molar-refractivity contribution in [2.75, 3.05) is 13.1 Å². The lowest BCUT2D eigenvalue weighted by Gasteiger charge is -2.22. The number of nitrogens with one attached hydrogen (secondary N) is 1. The van der Waals surface area contributed by atoms with Crippen molar-refractivity contribution < 1.29 is 0 Å². The third kappa shape index (κ3) is 4.24. The molecule has 1 aliphatic rings. The molecule has 2 aromatic rings. The lowest BCUT2D eigenvalue weighted by Crippen LogP contribution is -2.27. The van der Waals surface area contributed by atoms with E-state index in [1.807, 2.05) is 18.2 Å². The van der Waals surface area contributed by atoms with Gasteiger partial charge in [0.05, 0.1) is 10.0 Å². The normalized spacial score (nSPS) is 18.2. The highest BCUT2D eigenvalue weighted by Crippen LogP contribution is 2.28. The number of hydrogen-bond donors (Lipinski definition) is 1. The molecule has 25 heavy (non-hydrogen) atoms. The highest BCUT2D eigenvalue weighted by Gasteiger charge is 2.15.